The van der Waals surface area contributed by atoms with Crippen molar-refractivity contribution >= 4 is 5.91 Å². The fraction of sp³-hybridized carbons (Fsp3) is 0.750. The van der Waals surface area contributed by atoms with Crippen LogP contribution < -0.4 is 0 Å². The number of aryl methyl sites for hydroxylation is 1. The molecular weight excluding hydrogens is 312 g/mol. The monoisotopic (exact) mass is 342 g/mol. The molecule has 1 saturated carbocycles. The quantitative estimate of drug-likeness (QED) is 0.847. The molecule has 5 nitrogen and oxygen atoms in total. The predicted octanol–water partition coefficient (Wildman–Crippen LogP) is 2.58. The molecule has 1 saturated heterocycles. The lowest BCUT2D eigenvalue weighted by molar-refractivity contribution is -0.139. The zero-order valence-electron chi connectivity index (χ0n) is 15.4. The first kappa shape index (κ1) is 17.0. The van der Waals surface area contributed by atoms with Crippen molar-refractivity contribution in [3.8, 4) is 0 Å². The molecule has 1 aromatic rings. The third-order valence-electron chi connectivity index (χ3n) is 6.31. The highest BCUT2D eigenvalue weighted by Gasteiger charge is 2.36. The normalized spacial score (nSPS) is 26.8. The molecule has 25 heavy (non-hydrogen) atoms. The van der Waals surface area contributed by atoms with E-state index in [1.165, 1.54) is 44.1 Å². The first-order chi connectivity index (χ1) is 12.2. The van der Waals surface area contributed by atoms with Crippen LogP contribution in [-0.2, 0) is 24.2 Å². The van der Waals surface area contributed by atoms with Gasteiger partial charge in [0.2, 0.25) is 5.91 Å². The van der Waals surface area contributed by atoms with Crippen molar-refractivity contribution in [2.24, 2.45) is 5.92 Å². The molecule has 0 bridgehead atoms. The van der Waals surface area contributed by atoms with Crippen LogP contribution >= 0.6 is 0 Å². The molecule has 1 aromatic heterocycles. The van der Waals surface area contributed by atoms with Gasteiger partial charge in [0.25, 0.3) is 0 Å². The first-order valence-corrected chi connectivity index (χ1v) is 10.1. The Balaban J connectivity index is 1.40. The van der Waals surface area contributed by atoms with E-state index in [-0.39, 0.29) is 0 Å². The third kappa shape index (κ3) is 3.57. The number of rotatable bonds is 3. The van der Waals surface area contributed by atoms with Gasteiger partial charge in [0.1, 0.15) is 5.82 Å². The highest BCUT2D eigenvalue weighted by atomic mass is 16.2. The number of likely N-dealkylation sites (tertiary alicyclic amines) is 1. The molecule has 5 heteroatoms. The van der Waals surface area contributed by atoms with Gasteiger partial charge in [-0.3, -0.25) is 9.69 Å². The number of carbonyl (C=O) groups excluding carboxylic acids is 1. The van der Waals surface area contributed by atoms with Gasteiger partial charge in [0, 0.05) is 38.3 Å². The summed E-state index contributed by atoms with van der Waals surface area (Å²) in [6.45, 7) is 5.33. The fourth-order valence-corrected chi connectivity index (χ4v) is 4.92. The lowest BCUT2D eigenvalue weighted by Gasteiger charge is -2.44. The van der Waals surface area contributed by atoms with E-state index in [0.29, 0.717) is 18.5 Å². The number of hydrogen-bond donors (Lipinski definition) is 0. The summed E-state index contributed by atoms with van der Waals surface area (Å²) < 4.78 is 0. The van der Waals surface area contributed by atoms with Crippen LogP contribution in [0.4, 0.5) is 0 Å². The molecule has 1 amide bonds. The van der Waals surface area contributed by atoms with E-state index in [0.717, 1.165) is 49.9 Å². The van der Waals surface area contributed by atoms with E-state index >= 15 is 0 Å². The Hall–Kier alpha value is -1.49. The molecule has 4 rings (SSSR count). The van der Waals surface area contributed by atoms with Crippen molar-refractivity contribution in [1.29, 1.82) is 0 Å². The van der Waals surface area contributed by atoms with Crippen LogP contribution in [0.25, 0.3) is 0 Å². The second kappa shape index (κ2) is 7.40. The zero-order chi connectivity index (χ0) is 17.2. The highest BCUT2D eigenvalue weighted by molar-refractivity contribution is 5.78. The third-order valence-corrected chi connectivity index (χ3v) is 6.31. The predicted molar refractivity (Wildman–Crippen MR) is 97.1 cm³/mol. The van der Waals surface area contributed by atoms with Crippen molar-refractivity contribution in [1.82, 2.24) is 19.8 Å². The van der Waals surface area contributed by atoms with Gasteiger partial charge in [0.05, 0.1) is 12.2 Å². The Morgan fingerprint density at radius 3 is 2.92 bits per heavy atom. The lowest BCUT2D eigenvalue weighted by atomic mass is 9.78. The fourth-order valence-electron chi connectivity index (χ4n) is 4.92. The number of amides is 1. The summed E-state index contributed by atoms with van der Waals surface area (Å²) in [5, 5.41) is 0. The van der Waals surface area contributed by atoms with Crippen LogP contribution in [0.1, 0.15) is 62.5 Å². The Kier molecular flexibility index (Phi) is 5.02. The van der Waals surface area contributed by atoms with Gasteiger partial charge in [0.15, 0.2) is 0 Å². The second-order valence-electron chi connectivity index (χ2n) is 7.91. The number of piperidine rings is 1. The molecule has 3 aliphatic rings. The standard InChI is InChI=1S/C20H30N4O/c1-2-19-21-12-16-9-11-23(13-17(16)22-19)14-20(25)24-10-5-7-15-6-3-4-8-18(15)24/h12,15,18H,2-11,13-14H2,1H3/t15-,18+/m1/s1. The molecule has 0 radical (unpaired) electrons. The van der Waals surface area contributed by atoms with Crippen LogP contribution in [-0.4, -0.2) is 51.4 Å². The van der Waals surface area contributed by atoms with Crippen LogP contribution in [0.2, 0.25) is 0 Å². The summed E-state index contributed by atoms with van der Waals surface area (Å²) >= 11 is 0. The molecule has 0 aromatic carbocycles. The Bertz CT molecular complexity index is 630. The number of aromatic nitrogens is 2. The molecule has 2 fully saturated rings. The molecule has 1 aliphatic carbocycles. The van der Waals surface area contributed by atoms with E-state index < -0.39 is 0 Å². The molecule has 0 N–H and O–H groups in total. The average molecular weight is 342 g/mol. The van der Waals surface area contributed by atoms with Gasteiger partial charge in [-0.2, -0.15) is 0 Å². The summed E-state index contributed by atoms with van der Waals surface area (Å²) in [6, 6.07) is 0.515. The maximum atomic E-state index is 13.0. The molecule has 2 aliphatic heterocycles. The highest BCUT2D eigenvalue weighted by Crippen LogP contribution is 2.35. The van der Waals surface area contributed by atoms with Gasteiger partial charge in [-0.25, -0.2) is 9.97 Å². The van der Waals surface area contributed by atoms with E-state index in [2.05, 4.69) is 26.7 Å². The van der Waals surface area contributed by atoms with Gasteiger partial charge >= 0.3 is 0 Å². The zero-order valence-corrected chi connectivity index (χ0v) is 15.4. The lowest BCUT2D eigenvalue weighted by Crippen LogP contribution is -2.52. The SMILES string of the molecule is CCc1ncc2c(n1)CN(CC(=O)N1CCC[C@H]3CCCC[C@@H]31)CC2. The van der Waals surface area contributed by atoms with Gasteiger partial charge in [-0.15, -0.1) is 0 Å². The summed E-state index contributed by atoms with van der Waals surface area (Å²) in [5.74, 6) is 2.01. The van der Waals surface area contributed by atoms with Crippen molar-refractivity contribution in [3.63, 3.8) is 0 Å². The number of hydrogen-bond acceptors (Lipinski definition) is 4. The molecular formula is C20H30N4O. The van der Waals surface area contributed by atoms with Gasteiger partial charge in [-0.1, -0.05) is 19.8 Å². The molecule has 136 valence electrons. The second-order valence-corrected chi connectivity index (χ2v) is 7.91. The largest absolute Gasteiger partial charge is 0.338 e. The Morgan fingerprint density at radius 1 is 1.20 bits per heavy atom. The average Bonchev–Trinajstić information content (AvgIpc) is 2.66. The van der Waals surface area contributed by atoms with E-state index in [1.807, 2.05) is 6.20 Å². The minimum absolute atomic E-state index is 0.338. The Labute approximate surface area is 150 Å². The van der Waals surface area contributed by atoms with Crippen molar-refractivity contribution in [2.45, 2.75) is 70.9 Å². The molecule has 2 atom stereocenters. The summed E-state index contributed by atoms with van der Waals surface area (Å²) in [4.78, 5) is 26.6. The minimum Gasteiger partial charge on any atom is -0.338 e. The molecule has 0 unspecified atom stereocenters. The van der Waals surface area contributed by atoms with Crippen LogP contribution in [0, 0.1) is 5.92 Å². The van der Waals surface area contributed by atoms with Crippen LogP contribution in [0.15, 0.2) is 6.20 Å². The maximum absolute atomic E-state index is 13.0. The summed E-state index contributed by atoms with van der Waals surface area (Å²) in [7, 11) is 0. The van der Waals surface area contributed by atoms with E-state index in [4.69, 9.17) is 0 Å². The maximum Gasteiger partial charge on any atom is 0.237 e. The number of fused-ring (bicyclic) bond motifs is 2. The summed E-state index contributed by atoms with van der Waals surface area (Å²) in [6.07, 6.45) is 11.5. The van der Waals surface area contributed by atoms with Crippen molar-refractivity contribution in [3.05, 3.63) is 23.3 Å². The van der Waals surface area contributed by atoms with Crippen LogP contribution in [0.3, 0.4) is 0 Å². The first-order valence-electron chi connectivity index (χ1n) is 10.1. The smallest absolute Gasteiger partial charge is 0.237 e. The topological polar surface area (TPSA) is 49.3 Å². The Morgan fingerprint density at radius 2 is 2.04 bits per heavy atom. The van der Waals surface area contributed by atoms with Gasteiger partial charge in [-0.05, 0) is 43.6 Å². The number of nitrogens with zero attached hydrogens (tertiary/aromatic N) is 4. The van der Waals surface area contributed by atoms with Crippen molar-refractivity contribution < 1.29 is 4.79 Å². The van der Waals surface area contributed by atoms with E-state index in [1.54, 1.807) is 0 Å². The molecule has 0 spiro atoms. The van der Waals surface area contributed by atoms with Crippen molar-refractivity contribution in [2.75, 3.05) is 19.6 Å². The van der Waals surface area contributed by atoms with E-state index in [9.17, 15) is 4.79 Å². The summed E-state index contributed by atoms with van der Waals surface area (Å²) in [5.41, 5.74) is 2.38. The number of carbonyl (C=O) groups is 1. The van der Waals surface area contributed by atoms with Gasteiger partial charge < -0.3 is 4.90 Å². The van der Waals surface area contributed by atoms with Crippen LogP contribution in [0.5, 0.6) is 0 Å². The molecule has 3 heterocycles. The minimum atomic E-state index is 0.338.